The second-order valence-electron chi connectivity index (χ2n) is 17.2. The summed E-state index contributed by atoms with van der Waals surface area (Å²) < 4.78 is 6.78. The molecule has 4 heteroatoms. The zero-order valence-electron chi connectivity index (χ0n) is 32.7. The average Bonchev–Trinajstić information content (AvgIpc) is 3.70. The van der Waals surface area contributed by atoms with Crippen LogP contribution in [0.3, 0.4) is 0 Å². The van der Waals surface area contributed by atoms with E-state index in [9.17, 15) is 0 Å². The number of rotatable bonds is 24. The quantitative estimate of drug-likeness (QED) is 0.0485. The molecule has 48 heavy (non-hydrogen) atoms. The van der Waals surface area contributed by atoms with E-state index in [1.165, 1.54) is 141 Å². The molecular formula is C44H72S2Sn2. The fraction of sp³-hybridized carbons (Fsp3) is 0.682. The first-order valence-electron chi connectivity index (χ1n) is 20.5. The SMILES string of the molecule is CCCCCCCCCCCCc1cc2c3c[c]([Sn]([CH3])([CH3])[CH3])sc3c(CCCCCCCCCCCC)cc2c2c[c]([Sn]([CH3])([CH3])[CH3])sc12. The Morgan fingerprint density at radius 3 is 0.958 bits per heavy atom. The van der Waals surface area contributed by atoms with Crippen molar-refractivity contribution in [3.05, 3.63) is 35.4 Å². The van der Waals surface area contributed by atoms with Gasteiger partial charge in [0.05, 0.1) is 0 Å². The van der Waals surface area contributed by atoms with Crippen molar-refractivity contribution in [2.75, 3.05) is 0 Å². The average molecular weight is 903 g/mol. The van der Waals surface area contributed by atoms with E-state index in [4.69, 9.17) is 0 Å². The van der Waals surface area contributed by atoms with Crippen LogP contribution in [0.15, 0.2) is 24.3 Å². The van der Waals surface area contributed by atoms with E-state index in [1.54, 1.807) is 47.9 Å². The topological polar surface area (TPSA) is 0 Å². The standard InChI is InChI=1S/C38H54S2.6CH3.2Sn/c1-3-5-7-9-11-13-15-17-19-21-23-31-29-35-34-26-28-40-38(34)32(30-36(35)33-25-27-39-37(31)33)24-22-20-18-16-14-12-10-8-6-4-2;;;;;;;;/h25-26,29-30H,3-24H2,1-2H3;6*1H3;;. The van der Waals surface area contributed by atoms with Gasteiger partial charge >= 0.3 is 264 Å². The second-order valence-corrected chi connectivity index (χ2v) is 50.2. The molecule has 0 amide bonds. The van der Waals surface area contributed by atoms with Gasteiger partial charge in [-0.3, -0.25) is 0 Å². The van der Waals surface area contributed by atoms with Crippen LogP contribution in [0.1, 0.15) is 153 Å². The molecule has 0 saturated carbocycles. The number of benzene rings is 2. The van der Waals surface area contributed by atoms with E-state index in [1.807, 2.05) is 0 Å². The van der Waals surface area contributed by atoms with Crippen LogP contribution in [0.25, 0.3) is 30.9 Å². The van der Waals surface area contributed by atoms with Gasteiger partial charge in [-0.2, -0.15) is 0 Å². The van der Waals surface area contributed by atoms with Gasteiger partial charge in [0, 0.05) is 0 Å². The van der Waals surface area contributed by atoms with Gasteiger partial charge in [-0.15, -0.1) is 0 Å². The van der Waals surface area contributed by atoms with Crippen LogP contribution in [0, 0.1) is 0 Å². The Balaban J connectivity index is 1.55. The summed E-state index contributed by atoms with van der Waals surface area (Å²) in [5.74, 6) is 0. The Hall–Kier alpha value is 0.217. The number of hydrogen-bond acceptors (Lipinski definition) is 2. The van der Waals surface area contributed by atoms with E-state index >= 15 is 0 Å². The van der Waals surface area contributed by atoms with Crippen molar-refractivity contribution in [1.82, 2.24) is 0 Å². The molecule has 0 nitrogen and oxygen atoms in total. The summed E-state index contributed by atoms with van der Waals surface area (Å²) in [5.41, 5.74) is 3.30. The third kappa shape index (κ3) is 12.1. The molecule has 0 aliphatic heterocycles. The molecule has 0 aliphatic rings. The minimum absolute atomic E-state index is 1.25. The first-order valence-corrected chi connectivity index (χ1v) is 42.1. The van der Waals surface area contributed by atoms with Crippen LogP contribution in [0.2, 0.25) is 29.6 Å². The minimum atomic E-state index is -2.21. The normalized spacial score (nSPS) is 12.8. The van der Waals surface area contributed by atoms with Crippen molar-refractivity contribution in [3.63, 3.8) is 0 Å². The van der Waals surface area contributed by atoms with Crippen LogP contribution >= 0.6 is 22.7 Å². The van der Waals surface area contributed by atoms with Crippen LogP contribution < -0.4 is 5.79 Å². The zero-order valence-corrected chi connectivity index (χ0v) is 40.0. The van der Waals surface area contributed by atoms with Crippen molar-refractivity contribution >= 4 is 96.2 Å². The van der Waals surface area contributed by atoms with Crippen molar-refractivity contribution in [2.45, 2.75) is 185 Å². The molecule has 2 aromatic carbocycles. The Bertz CT molecular complexity index is 1410. The number of fused-ring (bicyclic) bond motifs is 5. The third-order valence-corrected chi connectivity index (χ3v) is 31.9. The van der Waals surface area contributed by atoms with Gasteiger partial charge in [-0.25, -0.2) is 0 Å². The molecule has 0 N–H and O–H groups in total. The van der Waals surface area contributed by atoms with Crippen molar-refractivity contribution in [3.8, 4) is 0 Å². The predicted molar refractivity (Wildman–Crippen MR) is 232 cm³/mol. The van der Waals surface area contributed by atoms with Crippen molar-refractivity contribution in [1.29, 1.82) is 0 Å². The summed E-state index contributed by atoms with van der Waals surface area (Å²) >= 11 is -0.0386. The molecule has 0 aliphatic carbocycles. The Labute approximate surface area is 313 Å². The molecule has 0 atom stereocenters. The molecule has 2 aromatic heterocycles. The van der Waals surface area contributed by atoms with E-state index in [-0.39, 0.29) is 0 Å². The zero-order chi connectivity index (χ0) is 34.6. The van der Waals surface area contributed by atoms with Crippen molar-refractivity contribution in [2.24, 2.45) is 0 Å². The first kappa shape index (κ1) is 41.0. The third-order valence-electron chi connectivity index (χ3n) is 10.6. The molecule has 0 saturated heterocycles. The van der Waals surface area contributed by atoms with Gasteiger partial charge in [0.2, 0.25) is 0 Å². The number of unbranched alkanes of at least 4 members (excludes halogenated alkanes) is 18. The van der Waals surface area contributed by atoms with E-state index in [0.29, 0.717) is 0 Å². The van der Waals surface area contributed by atoms with Gasteiger partial charge in [0.1, 0.15) is 0 Å². The van der Waals surface area contributed by atoms with Crippen LogP contribution in [0.4, 0.5) is 0 Å². The summed E-state index contributed by atoms with van der Waals surface area (Å²) in [6, 6.07) is 10.7. The molecule has 0 spiro atoms. The number of hydrogen-bond donors (Lipinski definition) is 0. The summed E-state index contributed by atoms with van der Waals surface area (Å²) in [6.45, 7) is 4.63. The summed E-state index contributed by atoms with van der Waals surface area (Å²) in [6.07, 6.45) is 30.7. The Morgan fingerprint density at radius 2 is 0.667 bits per heavy atom. The van der Waals surface area contributed by atoms with Gasteiger partial charge < -0.3 is 0 Å². The van der Waals surface area contributed by atoms with Gasteiger partial charge in [-0.1, -0.05) is 52.4 Å². The molecule has 268 valence electrons. The van der Waals surface area contributed by atoms with Crippen LogP contribution in [0.5, 0.6) is 0 Å². The fourth-order valence-corrected chi connectivity index (χ4v) is 20.3. The van der Waals surface area contributed by atoms with Gasteiger partial charge in [0.25, 0.3) is 0 Å². The predicted octanol–water partition coefficient (Wildman–Crippen LogP) is 15.3. The summed E-state index contributed by atoms with van der Waals surface area (Å²) in [4.78, 5) is 15.7. The molecule has 4 rings (SSSR count). The maximum atomic E-state index is 2.69. The number of thiophene rings is 2. The van der Waals surface area contributed by atoms with Gasteiger partial charge in [-0.05, 0) is 0 Å². The Morgan fingerprint density at radius 1 is 0.375 bits per heavy atom. The molecule has 0 fully saturated rings. The van der Waals surface area contributed by atoms with Crippen LogP contribution in [-0.4, -0.2) is 36.8 Å². The summed E-state index contributed by atoms with van der Waals surface area (Å²) in [5, 5.41) is 6.33. The maximum absolute atomic E-state index is 2.69. The first-order chi connectivity index (χ1) is 23.0. The molecule has 0 unspecified atom stereocenters. The van der Waals surface area contributed by atoms with Crippen molar-refractivity contribution < 1.29 is 0 Å². The summed E-state index contributed by atoms with van der Waals surface area (Å²) in [7, 11) is 0. The second kappa shape index (κ2) is 20.5. The number of aryl methyl sites for hydroxylation is 2. The van der Waals surface area contributed by atoms with Gasteiger partial charge in [0.15, 0.2) is 0 Å². The van der Waals surface area contributed by atoms with E-state index < -0.39 is 36.8 Å². The fourth-order valence-electron chi connectivity index (χ4n) is 7.46. The molecule has 0 bridgehead atoms. The molecule has 4 aromatic rings. The van der Waals surface area contributed by atoms with Crippen LogP contribution in [-0.2, 0) is 12.8 Å². The van der Waals surface area contributed by atoms with E-state index in [0.717, 1.165) is 0 Å². The molecule has 2 heterocycles. The molecule has 0 radical (unpaired) electrons. The Kier molecular flexibility index (Phi) is 17.5. The monoisotopic (exact) mass is 904 g/mol. The molecular weight excluding hydrogens is 830 g/mol. The van der Waals surface area contributed by atoms with E-state index in [2.05, 4.69) is 90.4 Å².